The molecule has 0 amide bonds. The molecule has 0 bridgehead atoms. The Morgan fingerprint density at radius 1 is 1.29 bits per heavy atom. The van der Waals surface area contributed by atoms with Gasteiger partial charge < -0.3 is 4.74 Å². The van der Waals surface area contributed by atoms with Crippen LogP contribution in [0.3, 0.4) is 0 Å². The van der Waals surface area contributed by atoms with Crippen LogP contribution in [-0.4, -0.2) is 13.0 Å². The minimum atomic E-state index is 0.479. The van der Waals surface area contributed by atoms with Gasteiger partial charge in [-0.15, -0.1) is 11.6 Å². The second kappa shape index (κ2) is 5.92. The van der Waals surface area contributed by atoms with Crippen LogP contribution in [0.25, 0.3) is 0 Å². The van der Waals surface area contributed by atoms with Crippen LogP contribution in [-0.2, 0) is 0 Å². The van der Waals surface area contributed by atoms with E-state index in [9.17, 15) is 0 Å². The molecule has 1 nitrogen and oxygen atoms in total. The molecule has 78 valence electrons. The molecule has 0 spiro atoms. The fourth-order valence-corrected chi connectivity index (χ4v) is 1.89. The van der Waals surface area contributed by atoms with Gasteiger partial charge in [0.25, 0.3) is 0 Å². The summed E-state index contributed by atoms with van der Waals surface area (Å²) in [4.78, 5) is 0. The zero-order chi connectivity index (χ0) is 10.4. The van der Waals surface area contributed by atoms with Crippen LogP contribution in [0.5, 0.6) is 5.75 Å². The van der Waals surface area contributed by atoms with E-state index in [1.165, 1.54) is 12.0 Å². The van der Waals surface area contributed by atoms with Crippen molar-refractivity contribution in [2.24, 2.45) is 0 Å². The molecule has 14 heavy (non-hydrogen) atoms. The average Bonchev–Trinajstić information content (AvgIpc) is 2.26. The standard InChI is InChI=1S/C12H17ClO/c1-3-4-11(9-13)10-5-7-12(14-2)8-6-10/h5-8,11H,3-4,9H2,1-2H3. The van der Waals surface area contributed by atoms with Gasteiger partial charge in [0.15, 0.2) is 0 Å². The van der Waals surface area contributed by atoms with Gasteiger partial charge in [0, 0.05) is 5.88 Å². The molecule has 1 unspecified atom stereocenters. The maximum atomic E-state index is 5.92. The molecule has 0 N–H and O–H groups in total. The van der Waals surface area contributed by atoms with Crippen molar-refractivity contribution in [3.63, 3.8) is 0 Å². The lowest BCUT2D eigenvalue weighted by molar-refractivity contribution is 0.414. The molecule has 0 radical (unpaired) electrons. The lowest BCUT2D eigenvalue weighted by atomic mass is 9.96. The van der Waals surface area contributed by atoms with E-state index in [-0.39, 0.29) is 0 Å². The SMILES string of the molecule is CCCC(CCl)c1ccc(OC)cc1. The molecule has 0 saturated carbocycles. The quantitative estimate of drug-likeness (QED) is 0.675. The molecular formula is C12H17ClO. The van der Waals surface area contributed by atoms with Gasteiger partial charge in [-0.1, -0.05) is 25.5 Å². The topological polar surface area (TPSA) is 9.23 Å². The predicted octanol–water partition coefficient (Wildman–Crippen LogP) is 3.82. The minimum absolute atomic E-state index is 0.479. The predicted molar refractivity (Wildman–Crippen MR) is 61.4 cm³/mol. The van der Waals surface area contributed by atoms with Crippen LogP contribution in [0.15, 0.2) is 24.3 Å². The Bertz CT molecular complexity index is 256. The van der Waals surface area contributed by atoms with Gasteiger partial charge in [0.1, 0.15) is 5.75 Å². The Labute approximate surface area is 91.0 Å². The Hall–Kier alpha value is -0.690. The summed E-state index contributed by atoms with van der Waals surface area (Å²) in [6, 6.07) is 8.18. The van der Waals surface area contributed by atoms with Crippen LogP contribution < -0.4 is 4.74 Å². The Morgan fingerprint density at radius 2 is 1.93 bits per heavy atom. The molecule has 1 rings (SSSR count). The van der Waals surface area contributed by atoms with Gasteiger partial charge in [0.05, 0.1) is 7.11 Å². The van der Waals surface area contributed by atoms with Crippen molar-refractivity contribution in [3.8, 4) is 5.75 Å². The molecular weight excluding hydrogens is 196 g/mol. The van der Waals surface area contributed by atoms with E-state index in [2.05, 4.69) is 19.1 Å². The summed E-state index contributed by atoms with van der Waals surface area (Å²) in [5.74, 6) is 2.08. The molecule has 0 heterocycles. The van der Waals surface area contributed by atoms with Crippen molar-refractivity contribution in [1.82, 2.24) is 0 Å². The largest absolute Gasteiger partial charge is 0.497 e. The highest BCUT2D eigenvalue weighted by molar-refractivity contribution is 6.18. The third kappa shape index (κ3) is 2.91. The monoisotopic (exact) mass is 212 g/mol. The van der Waals surface area contributed by atoms with Crippen molar-refractivity contribution in [1.29, 1.82) is 0 Å². The van der Waals surface area contributed by atoms with Gasteiger partial charge in [-0.2, -0.15) is 0 Å². The average molecular weight is 213 g/mol. The number of alkyl halides is 1. The van der Waals surface area contributed by atoms with Crippen molar-refractivity contribution in [3.05, 3.63) is 29.8 Å². The van der Waals surface area contributed by atoms with Crippen LogP contribution in [0.2, 0.25) is 0 Å². The summed E-state index contributed by atoms with van der Waals surface area (Å²) < 4.78 is 5.11. The number of methoxy groups -OCH3 is 1. The van der Waals surface area contributed by atoms with E-state index in [4.69, 9.17) is 16.3 Å². The second-order valence-electron chi connectivity index (χ2n) is 3.41. The zero-order valence-corrected chi connectivity index (χ0v) is 9.55. The smallest absolute Gasteiger partial charge is 0.118 e. The maximum absolute atomic E-state index is 5.92. The molecule has 2 heteroatoms. The summed E-state index contributed by atoms with van der Waals surface area (Å²) >= 11 is 5.92. The molecule has 1 aromatic carbocycles. The lowest BCUT2D eigenvalue weighted by Gasteiger charge is -2.13. The normalized spacial score (nSPS) is 12.5. The number of benzene rings is 1. The van der Waals surface area contributed by atoms with Crippen molar-refractivity contribution < 1.29 is 4.74 Å². The summed E-state index contributed by atoms with van der Waals surface area (Å²) in [6.45, 7) is 2.18. The van der Waals surface area contributed by atoms with Gasteiger partial charge >= 0.3 is 0 Å². The third-order valence-electron chi connectivity index (χ3n) is 2.41. The van der Waals surface area contributed by atoms with Gasteiger partial charge in [-0.3, -0.25) is 0 Å². The van der Waals surface area contributed by atoms with E-state index in [0.717, 1.165) is 12.2 Å². The lowest BCUT2D eigenvalue weighted by Crippen LogP contribution is -1.99. The van der Waals surface area contributed by atoms with E-state index in [1.54, 1.807) is 7.11 Å². The summed E-state index contributed by atoms with van der Waals surface area (Å²) in [5.41, 5.74) is 1.31. The van der Waals surface area contributed by atoms with Crippen LogP contribution in [0.1, 0.15) is 31.2 Å². The summed E-state index contributed by atoms with van der Waals surface area (Å²) in [7, 11) is 1.68. The molecule has 0 fully saturated rings. The molecule has 0 aliphatic carbocycles. The fourth-order valence-electron chi connectivity index (χ4n) is 1.56. The first-order chi connectivity index (χ1) is 6.81. The second-order valence-corrected chi connectivity index (χ2v) is 3.72. The molecule has 1 atom stereocenters. The number of halogens is 1. The molecule has 0 aliphatic rings. The molecule has 0 saturated heterocycles. The summed E-state index contributed by atoms with van der Waals surface area (Å²) in [5, 5.41) is 0. The first-order valence-corrected chi connectivity index (χ1v) is 5.55. The highest BCUT2D eigenvalue weighted by Gasteiger charge is 2.08. The van der Waals surface area contributed by atoms with Gasteiger partial charge in [-0.25, -0.2) is 0 Å². The molecule has 1 aromatic rings. The minimum Gasteiger partial charge on any atom is -0.497 e. The van der Waals surface area contributed by atoms with Crippen LogP contribution in [0.4, 0.5) is 0 Å². The van der Waals surface area contributed by atoms with E-state index in [1.807, 2.05) is 12.1 Å². The van der Waals surface area contributed by atoms with E-state index >= 15 is 0 Å². The third-order valence-corrected chi connectivity index (χ3v) is 2.78. The molecule has 0 aliphatic heterocycles. The Morgan fingerprint density at radius 3 is 2.36 bits per heavy atom. The van der Waals surface area contributed by atoms with E-state index < -0.39 is 0 Å². The zero-order valence-electron chi connectivity index (χ0n) is 8.79. The molecule has 0 aromatic heterocycles. The van der Waals surface area contributed by atoms with Crippen LogP contribution >= 0.6 is 11.6 Å². The van der Waals surface area contributed by atoms with Crippen molar-refractivity contribution >= 4 is 11.6 Å². The number of hydrogen-bond donors (Lipinski definition) is 0. The van der Waals surface area contributed by atoms with Crippen LogP contribution in [0, 0.1) is 0 Å². The van der Waals surface area contributed by atoms with Crippen molar-refractivity contribution in [2.45, 2.75) is 25.7 Å². The highest BCUT2D eigenvalue weighted by atomic mass is 35.5. The van der Waals surface area contributed by atoms with Gasteiger partial charge in [0.2, 0.25) is 0 Å². The number of ether oxygens (including phenoxy) is 1. The number of hydrogen-bond acceptors (Lipinski definition) is 1. The van der Waals surface area contributed by atoms with Crippen molar-refractivity contribution in [2.75, 3.05) is 13.0 Å². The maximum Gasteiger partial charge on any atom is 0.118 e. The highest BCUT2D eigenvalue weighted by Crippen LogP contribution is 2.24. The fraction of sp³-hybridized carbons (Fsp3) is 0.500. The first kappa shape index (κ1) is 11.4. The Balaban J connectivity index is 2.73. The number of rotatable bonds is 5. The Kier molecular flexibility index (Phi) is 4.81. The van der Waals surface area contributed by atoms with E-state index in [0.29, 0.717) is 11.8 Å². The summed E-state index contributed by atoms with van der Waals surface area (Å²) in [6.07, 6.45) is 2.32. The van der Waals surface area contributed by atoms with Gasteiger partial charge in [-0.05, 0) is 30.0 Å². The first-order valence-electron chi connectivity index (χ1n) is 5.01.